The number of carbonyl (C=O) groups is 1. The molecule has 10 heteroatoms. The number of amides is 1. The van der Waals surface area contributed by atoms with Crippen LogP contribution < -0.4 is 5.32 Å². The molecule has 1 atom stereocenters. The third-order valence-electron chi connectivity index (χ3n) is 2.96. The Morgan fingerprint density at radius 3 is 2.48 bits per heavy atom. The largest absolute Gasteiger partial charge is 0.309 e. The van der Waals surface area contributed by atoms with Gasteiger partial charge in [-0.2, -0.15) is 5.10 Å². The van der Waals surface area contributed by atoms with Crippen molar-refractivity contribution in [2.24, 2.45) is 0 Å². The van der Waals surface area contributed by atoms with Crippen molar-refractivity contribution in [3.8, 4) is 0 Å². The first-order chi connectivity index (χ1) is 10.8. The molecule has 2 aromatic heterocycles. The Balaban J connectivity index is 2.23. The van der Waals surface area contributed by atoms with Gasteiger partial charge in [-0.3, -0.25) is 9.48 Å². The minimum absolute atomic E-state index is 0.199. The molecule has 124 valence electrons. The molecule has 23 heavy (non-hydrogen) atoms. The molecule has 1 amide bonds. The maximum absolute atomic E-state index is 12.9. The highest BCUT2D eigenvalue weighted by Crippen LogP contribution is 2.27. The summed E-state index contributed by atoms with van der Waals surface area (Å²) in [5.41, 5.74) is -1.55. The third kappa shape index (κ3) is 4.06. The second kappa shape index (κ2) is 7.07. The van der Waals surface area contributed by atoms with Crippen LogP contribution in [0.5, 0.6) is 0 Å². The van der Waals surface area contributed by atoms with Gasteiger partial charge in [0.15, 0.2) is 0 Å². The van der Waals surface area contributed by atoms with Gasteiger partial charge in [-0.05, 0) is 41.1 Å². The molecule has 0 aliphatic heterocycles. The summed E-state index contributed by atoms with van der Waals surface area (Å²) in [5, 5.41) is 5.81. The minimum atomic E-state index is -3.03. The summed E-state index contributed by atoms with van der Waals surface area (Å²) in [6, 6.07) is 2.51. The van der Waals surface area contributed by atoms with Crippen LogP contribution in [0.1, 0.15) is 37.2 Å². The molecule has 2 heterocycles. The lowest BCUT2D eigenvalue weighted by molar-refractivity contribution is -0.119. The molecule has 2 rings (SSSR count). The number of nitrogens with zero attached hydrogens (tertiary/aromatic N) is 3. The molecule has 0 aliphatic carbocycles. The van der Waals surface area contributed by atoms with Gasteiger partial charge in [-0.25, -0.2) is 22.5 Å². The average molecular weight is 395 g/mol. The summed E-state index contributed by atoms with van der Waals surface area (Å²) in [5.74, 6) is -0.504. The Morgan fingerprint density at radius 1 is 1.26 bits per heavy atom. The summed E-state index contributed by atoms with van der Waals surface area (Å²) < 4.78 is 52.5. The van der Waals surface area contributed by atoms with Gasteiger partial charge in [0.1, 0.15) is 23.2 Å². The van der Waals surface area contributed by atoms with Gasteiger partial charge in [0.2, 0.25) is 5.91 Å². The van der Waals surface area contributed by atoms with Crippen molar-refractivity contribution >= 4 is 27.7 Å². The fourth-order valence-electron chi connectivity index (χ4n) is 1.80. The molecule has 0 aromatic carbocycles. The number of carbonyl (C=O) groups excluding carboxylic acids is 1. The highest BCUT2D eigenvalue weighted by molar-refractivity contribution is 9.10. The second-order valence-electron chi connectivity index (χ2n) is 4.57. The SMILES string of the molecule is CC(C(=O)Nc1ccc(Br)cn1)n1nc(C(F)F)cc1C(F)F. The normalized spacial score (nSPS) is 12.7. The van der Waals surface area contributed by atoms with E-state index in [9.17, 15) is 22.4 Å². The minimum Gasteiger partial charge on any atom is -0.309 e. The standard InChI is InChI=1S/C13H11BrF4N4O/c1-6(13(23)20-10-3-2-7(14)5-19-10)22-9(12(17)18)4-8(21-22)11(15)16/h2-6,11-12H,1H3,(H,19,20,23). The van der Waals surface area contributed by atoms with Crippen LogP contribution in [-0.4, -0.2) is 20.7 Å². The van der Waals surface area contributed by atoms with E-state index in [1.165, 1.54) is 19.2 Å². The van der Waals surface area contributed by atoms with E-state index in [1.54, 1.807) is 6.07 Å². The molecule has 1 unspecified atom stereocenters. The molecule has 0 saturated carbocycles. The van der Waals surface area contributed by atoms with Crippen LogP contribution in [-0.2, 0) is 4.79 Å². The molecule has 5 nitrogen and oxygen atoms in total. The first-order valence-corrected chi connectivity index (χ1v) is 7.17. The number of nitrogens with one attached hydrogen (secondary N) is 1. The lowest BCUT2D eigenvalue weighted by Crippen LogP contribution is -2.26. The third-order valence-corrected chi connectivity index (χ3v) is 3.42. The van der Waals surface area contributed by atoms with Crippen molar-refractivity contribution in [2.75, 3.05) is 5.32 Å². The summed E-state index contributed by atoms with van der Waals surface area (Å²) in [7, 11) is 0. The number of rotatable bonds is 5. The summed E-state index contributed by atoms with van der Waals surface area (Å²) in [6.07, 6.45) is -4.60. The topological polar surface area (TPSA) is 59.8 Å². The van der Waals surface area contributed by atoms with Crippen LogP contribution in [0.2, 0.25) is 0 Å². The quantitative estimate of drug-likeness (QED) is 0.776. The number of hydrogen-bond acceptors (Lipinski definition) is 3. The average Bonchev–Trinajstić information content (AvgIpc) is 2.94. The van der Waals surface area contributed by atoms with E-state index in [-0.39, 0.29) is 5.82 Å². The first-order valence-electron chi connectivity index (χ1n) is 6.37. The lowest BCUT2D eigenvalue weighted by Gasteiger charge is -2.15. The van der Waals surface area contributed by atoms with Gasteiger partial charge >= 0.3 is 0 Å². The maximum atomic E-state index is 12.9. The van der Waals surface area contributed by atoms with E-state index in [1.807, 2.05) is 0 Å². The Labute approximate surface area is 136 Å². The molecule has 0 saturated heterocycles. The number of alkyl halides is 4. The zero-order valence-corrected chi connectivity index (χ0v) is 13.3. The number of anilines is 1. The first kappa shape index (κ1) is 17.4. The smallest absolute Gasteiger partial charge is 0.282 e. The molecule has 1 N–H and O–H groups in total. The zero-order chi connectivity index (χ0) is 17.1. The van der Waals surface area contributed by atoms with Gasteiger partial charge in [0, 0.05) is 10.7 Å². The van der Waals surface area contributed by atoms with E-state index < -0.39 is 36.2 Å². The van der Waals surface area contributed by atoms with Crippen LogP contribution in [0.3, 0.4) is 0 Å². The zero-order valence-electron chi connectivity index (χ0n) is 11.7. The molecule has 0 spiro atoms. The molecule has 2 aromatic rings. The molecular formula is C13H11BrF4N4O. The lowest BCUT2D eigenvalue weighted by atomic mass is 10.3. The monoisotopic (exact) mass is 394 g/mol. The molecule has 0 radical (unpaired) electrons. The van der Waals surface area contributed by atoms with Crippen molar-refractivity contribution in [1.29, 1.82) is 0 Å². The Morgan fingerprint density at radius 2 is 1.96 bits per heavy atom. The van der Waals surface area contributed by atoms with E-state index in [0.29, 0.717) is 15.2 Å². The van der Waals surface area contributed by atoms with Gasteiger partial charge in [0.25, 0.3) is 12.9 Å². The number of hydrogen-bond donors (Lipinski definition) is 1. The fourth-order valence-corrected chi connectivity index (χ4v) is 2.03. The van der Waals surface area contributed by atoms with E-state index in [0.717, 1.165) is 0 Å². The highest BCUT2D eigenvalue weighted by Gasteiger charge is 2.27. The van der Waals surface area contributed by atoms with Crippen LogP contribution in [0, 0.1) is 0 Å². The van der Waals surface area contributed by atoms with Crippen molar-refractivity contribution in [1.82, 2.24) is 14.8 Å². The van der Waals surface area contributed by atoms with Crippen molar-refractivity contribution in [3.63, 3.8) is 0 Å². The second-order valence-corrected chi connectivity index (χ2v) is 5.48. The highest BCUT2D eigenvalue weighted by atomic mass is 79.9. The van der Waals surface area contributed by atoms with Gasteiger partial charge in [-0.1, -0.05) is 0 Å². The van der Waals surface area contributed by atoms with Gasteiger partial charge < -0.3 is 5.32 Å². The fraction of sp³-hybridized carbons (Fsp3) is 0.308. The van der Waals surface area contributed by atoms with Gasteiger partial charge in [-0.15, -0.1) is 0 Å². The van der Waals surface area contributed by atoms with Crippen molar-refractivity contribution < 1.29 is 22.4 Å². The van der Waals surface area contributed by atoms with Crippen LogP contribution in [0.15, 0.2) is 28.9 Å². The van der Waals surface area contributed by atoms with E-state index in [4.69, 9.17) is 0 Å². The van der Waals surface area contributed by atoms with Crippen LogP contribution in [0.25, 0.3) is 0 Å². The summed E-state index contributed by atoms with van der Waals surface area (Å²) in [4.78, 5) is 16.0. The molecule has 0 bridgehead atoms. The Hall–Kier alpha value is -1.97. The van der Waals surface area contributed by atoms with Crippen LogP contribution >= 0.6 is 15.9 Å². The number of halogens is 5. The Bertz CT molecular complexity index is 690. The molecule has 0 fully saturated rings. The Kier molecular flexibility index (Phi) is 5.34. The van der Waals surface area contributed by atoms with Crippen LogP contribution in [0.4, 0.5) is 23.4 Å². The van der Waals surface area contributed by atoms with Crippen molar-refractivity contribution in [3.05, 3.63) is 40.3 Å². The maximum Gasteiger partial charge on any atom is 0.282 e. The molecule has 0 aliphatic rings. The molecular weight excluding hydrogens is 384 g/mol. The van der Waals surface area contributed by atoms with Crippen molar-refractivity contribution in [2.45, 2.75) is 25.8 Å². The summed E-state index contributed by atoms with van der Waals surface area (Å²) in [6.45, 7) is 1.28. The number of pyridine rings is 1. The summed E-state index contributed by atoms with van der Waals surface area (Å²) >= 11 is 3.18. The predicted octanol–water partition coefficient (Wildman–Crippen LogP) is 4.12. The predicted molar refractivity (Wildman–Crippen MR) is 77.4 cm³/mol. The number of aromatic nitrogens is 3. The van der Waals surface area contributed by atoms with Gasteiger partial charge in [0.05, 0.1) is 0 Å². The van der Waals surface area contributed by atoms with E-state index >= 15 is 0 Å². The van der Waals surface area contributed by atoms with E-state index in [2.05, 4.69) is 31.3 Å².